The Balaban J connectivity index is 2.00. The van der Waals surface area contributed by atoms with Crippen molar-refractivity contribution < 1.29 is 14.2 Å². The smallest absolute Gasteiger partial charge is 0.174 e. The predicted molar refractivity (Wildman–Crippen MR) is 78.6 cm³/mol. The number of rotatable bonds is 4. The number of halogens is 2. The Hall–Kier alpha value is -1.54. The third kappa shape index (κ3) is 3.97. The van der Waals surface area contributed by atoms with Crippen molar-refractivity contribution in [3.8, 4) is 17.6 Å². The molecule has 1 N–H and O–H groups in total. The van der Waals surface area contributed by atoms with Gasteiger partial charge in [0.1, 0.15) is 6.61 Å². The van der Waals surface area contributed by atoms with Gasteiger partial charge in [-0.15, -0.1) is 11.3 Å². The molecule has 0 saturated carbocycles. The number of ether oxygens (including phenoxy) is 1. The monoisotopic (exact) mass is 310 g/mol. The van der Waals surface area contributed by atoms with Gasteiger partial charge < -0.3 is 9.84 Å². The minimum atomic E-state index is -0.475. The van der Waals surface area contributed by atoms with E-state index < -0.39 is 5.82 Å². The van der Waals surface area contributed by atoms with Crippen LogP contribution in [0.4, 0.5) is 4.39 Å². The van der Waals surface area contributed by atoms with Gasteiger partial charge in [0.2, 0.25) is 0 Å². The molecule has 5 heteroatoms. The highest BCUT2D eigenvalue weighted by Gasteiger charge is 2.08. The van der Waals surface area contributed by atoms with E-state index >= 15 is 0 Å². The minimum Gasteiger partial charge on any atom is -0.483 e. The number of aliphatic hydroxyl groups excluding tert-OH is 1. The summed E-state index contributed by atoms with van der Waals surface area (Å²) in [5.74, 6) is 5.36. The highest BCUT2D eigenvalue weighted by molar-refractivity contribution is 7.10. The fraction of sp³-hybridized carbons (Fsp3) is 0.200. The number of para-hydroxylation sites is 1. The van der Waals surface area contributed by atoms with Crippen molar-refractivity contribution in [1.29, 1.82) is 0 Å². The molecule has 0 amide bonds. The van der Waals surface area contributed by atoms with Gasteiger partial charge in [0, 0.05) is 22.2 Å². The summed E-state index contributed by atoms with van der Waals surface area (Å²) in [6.07, 6.45) is 0.451. The summed E-state index contributed by atoms with van der Waals surface area (Å²) in [7, 11) is 0. The standard InChI is InChI=1S/C15H12ClFO2S/c16-13-5-3-6-14(17)15(13)19-9-12-8-11(10-20-12)4-1-2-7-18/h3,5-6,8,10,18H,2,7,9H2. The van der Waals surface area contributed by atoms with E-state index in [2.05, 4.69) is 11.8 Å². The lowest BCUT2D eigenvalue weighted by Gasteiger charge is -2.07. The molecule has 1 heterocycles. The Bertz CT molecular complexity index is 623. The van der Waals surface area contributed by atoms with Gasteiger partial charge >= 0.3 is 0 Å². The maximum absolute atomic E-state index is 13.5. The average molecular weight is 311 g/mol. The normalized spacial score (nSPS) is 9.95. The molecule has 0 unspecified atom stereocenters. The highest BCUT2D eigenvalue weighted by Crippen LogP contribution is 2.28. The van der Waals surface area contributed by atoms with Crippen molar-refractivity contribution in [1.82, 2.24) is 0 Å². The van der Waals surface area contributed by atoms with Crippen molar-refractivity contribution in [2.45, 2.75) is 13.0 Å². The van der Waals surface area contributed by atoms with E-state index in [1.807, 2.05) is 11.4 Å². The van der Waals surface area contributed by atoms with Crippen LogP contribution in [-0.2, 0) is 6.61 Å². The molecule has 0 saturated heterocycles. The lowest BCUT2D eigenvalue weighted by Crippen LogP contribution is -1.96. The summed E-state index contributed by atoms with van der Waals surface area (Å²) in [4.78, 5) is 0.928. The highest BCUT2D eigenvalue weighted by atomic mass is 35.5. The largest absolute Gasteiger partial charge is 0.483 e. The number of benzene rings is 1. The van der Waals surface area contributed by atoms with Crippen LogP contribution >= 0.6 is 22.9 Å². The van der Waals surface area contributed by atoms with Crippen LogP contribution in [0.15, 0.2) is 29.6 Å². The molecule has 1 aromatic carbocycles. The van der Waals surface area contributed by atoms with E-state index in [4.69, 9.17) is 21.4 Å². The van der Waals surface area contributed by atoms with E-state index in [0.29, 0.717) is 6.42 Å². The molecular weight excluding hydrogens is 299 g/mol. The topological polar surface area (TPSA) is 29.5 Å². The van der Waals surface area contributed by atoms with Gasteiger partial charge in [0.15, 0.2) is 11.6 Å². The zero-order chi connectivity index (χ0) is 14.4. The zero-order valence-electron chi connectivity index (χ0n) is 10.5. The van der Waals surface area contributed by atoms with Crippen molar-refractivity contribution >= 4 is 22.9 Å². The summed E-state index contributed by atoms with van der Waals surface area (Å²) in [5, 5.41) is 10.8. The molecule has 1 aromatic heterocycles. The molecule has 2 nitrogen and oxygen atoms in total. The third-order valence-corrected chi connectivity index (χ3v) is 3.61. The van der Waals surface area contributed by atoms with Gasteiger partial charge in [-0.05, 0) is 18.2 Å². The average Bonchev–Trinajstić information content (AvgIpc) is 2.86. The Morgan fingerprint density at radius 2 is 2.25 bits per heavy atom. The molecule has 20 heavy (non-hydrogen) atoms. The molecule has 0 fully saturated rings. The molecule has 2 rings (SSSR count). The van der Waals surface area contributed by atoms with Crippen LogP contribution in [0.25, 0.3) is 0 Å². The van der Waals surface area contributed by atoms with Gasteiger partial charge in [-0.2, -0.15) is 0 Å². The summed E-state index contributed by atoms with van der Waals surface area (Å²) in [6.45, 7) is 0.298. The summed E-state index contributed by atoms with van der Waals surface area (Å²) in [5.41, 5.74) is 0.863. The first-order valence-corrected chi connectivity index (χ1v) is 7.20. The number of hydrogen-bond donors (Lipinski definition) is 1. The van der Waals surface area contributed by atoms with Crippen molar-refractivity contribution in [2.24, 2.45) is 0 Å². The second-order valence-electron chi connectivity index (χ2n) is 3.92. The van der Waals surface area contributed by atoms with E-state index in [0.717, 1.165) is 10.4 Å². The second-order valence-corrected chi connectivity index (χ2v) is 5.32. The van der Waals surface area contributed by atoms with Crippen LogP contribution in [-0.4, -0.2) is 11.7 Å². The molecule has 2 aromatic rings. The van der Waals surface area contributed by atoms with E-state index in [-0.39, 0.29) is 24.0 Å². The van der Waals surface area contributed by atoms with Gasteiger partial charge in [0.25, 0.3) is 0 Å². The van der Waals surface area contributed by atoms with Crippen LogP contribution in [0.3, 0.4) is 0 Å². The van der Waals surface area contributed by atoms with Gasteiger partial charge in [0.05, 0.1) is 11.6 Å². The quantitative estimate of drug-likeness (QED) is 0.869. The third-order valence-electron chi connectivity index (χ3n) is 2.40. The molecule has 0 atom stereocenters. The predicted octanol–water partition coefficient (Wildman–Crippen LogP) is 3.85. The maximum atomic E-state index is 13.5. The molecule has 0 aliphatic carbocycles. The van der Waals surface area contributed by atoms with Crippen LogP contribution in [0, 0.1) is 17.7 Å². The second kappa shape index (κ2) is 7.30. The fourth-order valence-corrected chi connectivity index (χ4v) is 2.45. The lowest BCUT2D eigenvalue weighted by atomic mass is 10.3. The lowest BCUT2D eigenvalue weighted by molar-refractivity contribution is 0.294. The molecule has 0 spiro atoms. The van der Waals surface area contributed by atoms with E-state index in [1.165, 1.54) is 23.5 Å². The SMILES string of the molecule is OCCC#Cc1csc(COc2c(F)cccc2Cl)c1. The summed E-state index contributed by atoms with van der Waals surface area (Å²) < 4.78 is 18.9. The molecule has 0 radical (unpaired) electrons. The van der Waals surface area contributed by atoms with Gasteiger partial charge in [-0.3, -0.25) is 0 Å². The molecular formula is C15H12ClFO2S. The van der Waals surface area contributed by atoms with Crippen LogP contribution in [0.5, 0.6) is 5.75 Å². The number of hydrogen-bond acceptors (Lipinski definition) is 3. The fourth-order valence-electron chi connectivity index (χ4n) is 1.51. The number of aliphatic hydroxyl groups is 1. The Morgan fingerprint density at radius 3 is 3.00 bits per heavy atom. The van der Waals surface area contributed by atoms with Crippen LogP contribution < -0.4 is 4.74 Å². The summed E-state index contributed by atoms with van der Waals surface area (Å²) in [6, 6.07) is 6.30. The molecule has 0 aliphatic heterocycles. The van der Waals surface area contributed by atoms with E-state index in [9.17, 15) is 4.39 Å². The minimum absolute atomic E-state index is 0.0545. The summed E-state index contributed by atoms with van der Waals surface area (Å²) >= 11 is 7.36. The van der Waals surface area contributed by atoms with Gasteiger partial charge in [-0.1, -0.05) is 29.5 Å². The van der Waals surface area contributed by atoms with Crippen LogP contribution in [0.2, 0.25) is 5.02 Å². The van der Waals surface area contributed by atoms with E-state index in [1.54, 1.807) is 6.07 Å². The first kappa shape index (κ1) is 14.9. The Kier molecular flexibility index (Phi) is 5.42. The first-order chi connectivity index (χ1) is 9.70. The molecule has 0 aliphatic rings. The Labute approximate surface area is 125 Å². The van der Waals surface area contributed by atoms with Crippen molar-refractivity contribution in [3.63, 3.8) is 0 Å². The first-order valence-electron chi connectivity index (χ1n) is 5.94. The van der Waals surface area contributed by atoms with Crippen molar-refractivity contribution in [2.75, 3.05) is 6.61 Å². The number of thiophene rings is 1. The van der Waals surface area contributed by atoms with Crippen LogP contribution in [0.1, 0.15) is 16.9 Å². The zero-order valence-corrected chi connectivity index (χ0v) is 12.1. The maximum Gasteiger partial charge on any atom is 0.174 e. The van der Waals surface area contributed by atoms with Crippen molar-refractivity contribution in [3.05, 3.63) is 50.9 Å². The molecule has 104 valence electrons. The Morgan fingerprint density at radius 1 is 1.40 bits per heavy atom. The molecule has 0 bridgehead atoms. The van der Waals surface area contributed by atoms with Gasteiger partial charge in [-0.25, -0.2) is 4.39 Å².